The Kier molecular flexibility index (Phi) is 6.11. The van der Waals surface area contributed by atoms with E-state index in [1.54, 1.807) is 6.33 Å². The number of hydrogen-bond donors (Lipinski definition) is 1. The van der Waals surface area contributed by atoms with Crippen molar-refractivity contribution < 1.29 is 9.53 Å². The molecule has 18 heavy (non-hydrogen) atoms. The summed E-state index contributed by atoms with van der Waals surface area (Å²) in [6.07, 6.45) is 2.73. The predicted octanol–water partition coefficient (Wildman–Crippen LogP) is 2.36. The summed E-state index contributed by atoms with van der Waals surface area (Å²) in [5.41, 5.74) is 1.01. The highest BCUT2D eigenvalue weighted by Gasteiger charge is 2.04. The van der Waals surface area contributed by atoms with Gasteiger partial charge in [0.05, 0.1) is 6.61 Å². The maximum absolute atomic E-state index is 11.1. The molecule has 5 nitrogen and oxygen atoms in total. The highest BCUT2D eigenvalue weighted by Crippen LogP contribution is 2.13. The van der Waals surface area contributed by atoms with Crippen molar-refractivity contribution in [3.05, 3.63) is 18.1 Å². The first-order valence-electron chi connectivity index (χ1n) is 6.35. The van der Waals surface area contributed by atoms with Crippen LogP contribution in [-0.4, -0.2) is 29.1 Å². The van der Waals surface area contributed by atoms with E-state index in [1.807, 2.05) is 13.0 Å². The van der Waals surface area contributed by atoms with Gasteiger partial charge in [-0.25, -0.2) is 9.97 Å². The molecule has 1 aromatic rings. The molecule has 0 bridgehead atoms. The van der Waals surface area contributed by atoms with Crippen LogP contribution in [0.25, 0.3) is 0 Å². The van der Waals surface area contributed by atoms with Gasteiger partial charge in [-0.05, 0) is 19.3 Å². The van der Waals surface area contributed by atoms with Crippen molar-refractivity contribution in [2.75, 3.05) is 18.5 Å². The first-order chi connectivity index (χ1) is 8.63. The fourth-order valence-electron chi connectivity index (χ4n) is 1.47. The lowest BCUT2D eigenvalue weighted by Crippen LogP contribution is -2.09. The molecule has 0 amide bonds. The van der Waals surface area contributed by atoms with Gasteiger partial charge in [0.15, 0.2) is 0 Å². The number of carbonyl (C=O) groups is 1. The van der Waals surface area contributed by atoms with Gasteiger partial charge in [-0.2, -0.15) is 0 Å². The molecule has 0 radical (unpaired) electrons. The lowest BCUT2D eigenvalue weighted by atomic mass is 10.1. The van der Waals surface area contributed by atoms with Gasteiger partial charge in [0.25, 0.3) is 0 Å². The van der Waals surface area contributed by atoms with E-state index in [0.29, 0.717) is 25.5 Å². The maximum Gasteiger partial charge on any atom is 0.305 e. The van der Waals surface area contributed by atoms with Gasteiger partial charge in [0, 0.05) is 24.7 Å². The van der Waals surface area contributed by atoms with Crippen molar-refractivity contribution in [1.82, 2.24) is 9.97 Å². The summed E-state index contributed by atoms with van der Waals surface area (Å²) in [6.45, 7) is 7.13. The highest BCUT2D eigenvalue weighted by molar-refractivity contribution is 5.69. The van der Waals surface area contributed by atoms with Crippen LogP contribution in [0.4, 0.5) is 5.82 Å². The summed E-state index contributed by atoms with van der Waals surface area (Å²) in [5.74, 6) is 1.04. The second-order valence-corrected chi connectivity index (χ2v) is 4.32. The first-order valence-corrected chi connectivity index (χ1v) is 6.35. The Bertz CT molecular complexity index is 380. The number of rotatable bonds is 7. The standard InChI is InChI=1S/C13H21N3O2/c1-4-18-13(17)6-5-7-14-12-8-11(10(2)3)15-9-16-12/h8-10H,4-7H2,1-3H3,(H,14,15,16). The topological polar surface area (TPSA) is 64.1 Å². The molecule has 0 aliphatic rings. The van der Waals surface area contributed by atoms with Crippen molar-refractivity contribution in [2.24, 2.45) is 0 Å². The van der Waals surface area contributed by atoms with Gasteiger partial charge in [-0.15, -0.1) is 0 Å². The number of anilines is 1. The molecular weight excluding hydrogens is 230 g/mol. The molecule has 0 aliphatic carbocycles. The van der Waals surface area contributed by atoms with E-state index in [4.69, 9.17) is 4.74 Å². The average molecular weight is 251 g/mol. The fraction of sp³-hybridized carbons (Fsp3) is 0.615. The molecule has 0 saturated carbocycles. The van der Waals surface area contributed by atoms with Crippen molar-refractivity contribution >= 4 is 11.8 Å². The Labute approximate surface area is 108 Å². The number of hydrogen-bond acceptors (Lipinski definition) is 5. The van der Waals surface area contributed by atoms with Crippen LogP contribution in [0.3, 0.4) is 0 Å². The van der Waals surface area contributed by atoms with E-state index in [2.05, 4.69) is 29.1 Å². The Morgan fingerprint density at radius 1 is 1.44 bits per heavy atom. The van der Waals surface area contributed by atoms with Crippen LogP contribution < -0.4 is 5.32 Å². The van der Waals surface area contributed by atoms with Gasteiger partial charge >= 0.3 is 5.97 Å². The minimum absolute atomic E-state index is 0.148. The van der Waals surface area contributed by atoms with Crippen LogP contribution in [0.5, 0.6) is 0 Å². The monoisotopic (exact) mass is 251 g/mol. The van der Waals surface area contributed by atoms with Crippen molar-refractivity contribution in [1.29, 1.82) is 0 Å². The lowest BCUT2D eigenvalue weighted by molar-refractivity contribution is -0.143. The minimum Gasteiger partial charge on any atom is -0.466 e. The van der Waals surface area contributed by atoms with Crippen molar-refractivity contribution in [3.63, 3.8) is 0 Å². The molecule has 0 aliphatic heterocycles. The maximum atomic E-state index is 11.1. The van der Waals surface area contributed by atoms with Gasteiger partial charge < -0.3 is 10.1 Å². The Hall–Kier alpha value is -1.65. The molecule has 0 unspecified atom stereocenters. The third kappa shape index (κ3) is 5.12. The number of ether oxygens (including phenoxy) is 1. The van der Waals surface area contributed by atoms with E-state index >= 15 is 0 Å². The van der Waals surface area contributed by atoms with Crippen molar-refractivity contribution in [3.8, 4) is 0 Å². The van der Waals surface area contributed by atoms with Crippen LogP contribution in [0.15, 0.2) is 12.4 Å². The zero-order chi connectivity index (χ0) is 13.4. The van der Waals surface area contributed by atoms with Crippen molar-refractivity contribution in [2.45, 2.75) is 39.5 Å². The number of nitrogens with one attached hydrogen (secondary N) is 1. The van der Waals surface area contributed by atoms with Gasteiger partial charge in [-0.3, -0.25) is 4.79 Å². The van der Waals surface area contributed by atoms with Gasteiger partial charge in [-0.1, -0.05) is 13.8 Å². The second-order valence-electron chi connectivity index (χ2n) is 4.32. The summed E-state index contributed by atoms with van der Waals surface area (Å²) in [7, 11) is 0. The molecule has 1 aromatic heterocycles. The predicted molar refractivity (Wildman–Crippen MR) is 70.5 cm³/mol. The first kappa shape index (κ1) is 14.4. The van der Waals surface area contributed by atoms with E-state index in [0.717, 1.165) is 17.9 Å². The van der Waals surface area contributed by atoms with Gasteiger partial charge in [0.1, 0.15) is 12.1 Å². The molecule has 0 spiro atoms. The van der Waals surface area contributed by atoms with Crippen LogP contribution in [0.1, 0.15) is 45.2 Å². The SMILES string of the molecule is CCOC(=O)CCCNc1cc(C(C)C)ncn1. The highest BCUT2D eigenvalue weighted by atomic mass is 16.5. The minimum atomic E-state index is -0.148. The molecule has 1 rings (SSSR count). The zero-order valence-corrected chi connectivity index (χ0v) is 11.3. The molecule has 5 heteroatoms. The van der Waals surface area contributed by atoms with Crippen LogP contribution in [-0.2, 0) is 9.53 Å². The molecule has 100 valence electrons. The molecule has 1 N–H and O–H groups in total. The second kappa shape index (κ2) is 7.63. The molecular formula is C13H21N3O2. The molecule has 0 saturated heterocycles. The van der Waals surface area contributed by atoms with E-state index in [1.165, 1.54) is 0 Å². The lowest BCUT2D eigenvalue weighted by Gasteiger charge is -2.08. The van der Waals surface area contributed by atoms with E-state index in [-0.39, 0.29) is 5.97 Å². The molecule has 0 fully saturated rings. The summed E-state index contributed by atoms with van der Waals surface area (Å²) < 4.78 is 4.85. The van der Waals surface area contributed by atoms with E-state index < -0.39 is 0 Å². The molecule has 0 atom stereocenters. The largest absolute Gasteiger partial charge is 0.466 e. The van der Waals surface area contributed by atoms with Gasteiger partial charge in [0.2, 0.25) is 0 Å². The number of nitrogens with zero attached hydrogens (tertiary/aromatic N) is 2. The average Bonchev–Trinajstić information content (AvgIpc) is 2.35. The quantitative estimate of drug-likeness (QED) is 0.595. The third-order valence-corrected chi connectivity index (χ3v) is 2.45. The van der Waals surface area contributed by atoms with Crippen LogP contribution >= 0.6 is 0 Å². The zero-order valence-electron chi connectivity index (χ0n) is 11.3. The summed E-state index contributed by atoms with van der Waals surface area (Å²) in [5, 5.41) is 3.18. The summed E-state index contributed by atoms with van der Waals surface area (Å²) in [6, 6.07) is 1.94. The third-order valence-electron chi connectivity index (χ3n) is 2.45. The molecule has 1 heterocycles. The van der Waals surface area contributed by atoms with Crippen LogP contribution in [0, 0.1) is 0 Å². The van der Waals surface area contributed by atoms with Crippen LogP contribution in [0.2, 0.25) is 0 Å². The number of carbonyl (C=O) groups excluding carboxylic acids is 1. The molecule has 0 aromatic carbocycles. The number of esters is 1. The Morgan fingerprint density at radius 2 is 2.22 bits per heavy atom. The number of aromatic nitrogens is 2. The Morgan fingerprint density at radius 3 is 2.89 bits per heavy atom. The fourth-order valence-corrected chi connectivity index (χ4v) is 1.47. The summed E-state index contributed by atoms with van der Waals surface area (Å²) in [4.78, 5) is 19.5. The van der Waals surface area contributed by atoms with E-state index in [9.17, 15) is 4.79 Å². The smallest absolute Gasteiger partial charge is 0.305 e. The summed E-state index contributed by atoms with van der Waals surface area (Å²) >= 11 is 0. The Balaban J connectivity index is 2.31. The normalized spacial score (nSPS) is 10.4.